The second-order valence-electron chi connectivity index (χ2n) is 5.96. The Hall–Kier alpha value is -2.14. The van der Waals surface area contributed by atoms with Crippen LogP contribution in [0.15, 0.2) is 36.4 Å². The fourth-order valence-corrected chi connectivity index (χ4v) is 4.00. The number of carbonyl (C=O) groups is 3. The second kappa shape index (κ2) is 4.68. The van der Waals surface area contributed by atoms with Crippen LogP contribution in [0, 0.1) is 23.7 Å². The molecule has 6 heteroatoms. The molecule has 3 aliphatic rings. The summed E-state index contributed by atoms with van der Waals surface area (Å²) >= 11 is 5.85. The zero-order chi connectivity index (χ0) is 15.4. The van der Waals surface area contributed by atoms with Gasteiger partial charge in [0.05, 0.1) is 11.8 Å². The smallest absolute Gasteiger partial charge is 0.270 e. The number of allylic oxidation sites excluding steroid dienone is 2. The molecular formula is C16H13ClN2O3. The van der Waals surface area contributed by atoms with E-state index in [1.165, 1.54) is 6.07 Å². The van der Waals surface area contributed by atoms with Gasteiger partial charge in [-0.05, 0) is 36.5 Å². The third kappa shape index (κ3) is 1.82. The number of halogens is 1. The summed E-state index contributed by atoms with van der Waals surface area (Å²) in [5, 5.41) is 1.32. The SMILES string of the molecule is O=C(NN1C(=O)[C@@H]2[C@@H](C1=O)[C@H]1C=C[C@@H]2C1)c1cccc(Cl)c1. The fourth-order valence-electron chi connectivity index (χ4n) is 3.81. The zero-order valence-electron chi connectivity index (χ0n) is 11.5. The van der Waals surface area contributed by atoms with Crippen molar-refractivity contribution in [1.29, 1.82) is 0 Å². The summed E-state index contributed by atoms with van der Waals surface area (Å²) in [6, 6.07) is 6.37. The number of rotatable bonds is 2. The van der Waals surface area contributed by atoms with Gasteiger partial charge in [0, 0.05) is 10.6 Å². The van der Waals surface area contributed by atoms with Crippen molar-refractivity contribution in [3.63, 3.8) is 0 Å². The standard InChI is InChI=1S/C16H13ClN2O3/c17-11-3-1-2-10(7-11)14(20)18-19-15(21)12-8-4-5-9(6-8)13(12)16(19)22/h1-5,7-9,12-13H,6H2,(H,18,20)/t8-,9+,12-,13-/m0/s1. The molecule has 2 aliphatic carbocycles. The molecule has 0 aromatic heterocycles. The highest BCUT2D eigenvalue weighted by molar-refractivity contribution is 6.31. The number of benzene rings is 1. The summed E-state index contributed by atoms with van der Waals surface area (Å²) in [4.78, 5) is 37.1. The van der Waals surface area contributed by atoms with Crippen molar-refractivity contribution in [2.45, 2.75) is 6.42 Å². The van der Waals surface area contributed by atoms with Gasteiger partial charge in [-0.3, -0.25) is 19.8 Å². The lowest BCUT2D eigenvalue weighted by molar-refractivity contribution is -0.143. The molecule has 1 aromatic carbocycles. The number of nitrogens with one attached hydrogen (secondary N) is 1. The summed E-state index contributed by atoms with van der Waals surface area (Å²) in [7, 11) is 0. The van der Waals surface area contributed by atoms with E-state index in [4.69, 9.17) is 11.6 Å². The molecule has 0 spiro atoms. The fraction of sp³-hybridized carbons (Fsp3) is 0.312. The van der Waals surface area contributed by atoms with Gasteiger partial charge in [-0.1, -0.05) is 29.8 Å². The van der Waals surface area contributed by atoms with Crippen molar-refractivity contribution in [1.82, 2.24) is 10.4 Å². The number of imide groups is 1. The molecule has 2 fully saturated rings. The average molecular weight is 317 g/mol. The van der Waals surface area contributed by atoms with Crippen LogP contribution in [0.2, 0.25) is 5.02 Å². The first kappa shape index (κ1) is 13.5. The van der Waals surface area contributed by atoms with E-state index < -0.39 is 5.91 Å². The molecule has 0 unspecified atom stereocenters. The van der Waals surface area contributed by atoms with Gasteiger partial charge in [0.25, 0.3) is 17.7 Å². The molecule has 1 aromatic rings. The van der Waals surface area contributed by atoms with E-state index in [1.54, 1.807) is 18.2 Å². The molecule has 112 valence electrons. The monoisotopic (exact) mass is 316 g/mol. The van der Waals surface area contributed by atoms with Crippen molar-refractivity contribution in [2.24, 2.45) is 23.7 Å². The van der Waals surface area contributed by atoms with E-state index in [-0.39, 0.29) is 35.5 Å². The van der Waals surface area contributed by atoms with E-state index in [1.807, 2.05) is 12.2 Å². The van der Waals surface area contributed by atoms with Gasteiger partial charge in [0.2, 0.25) is 0 Å². The van der Waals surface area contributed by atoms with Crippen LogP contribution in [0.1, 0.15) is 16.8 Å². The minimum atomic E-state index is -0.510. The summed E-state index contributed by atoms with van der Waals surface area (Å²) in [6.45, 7) is 0. The van der Waals surface area contributed by atoms with Gasteiger partial charge in [-0.25, -0.2) is 0 Å². The Morgan fingerprint density at radius 3 is 2.36 bits per heavy atom. The molecule has 1 saturated carbocycles. The Bertz CT molecular complexity index is 700. The van der Waals surface area contributed by atoms with Crippen molar-refractivity contribution in [2.75, 3.05) is 0 Å². The van der Waals surface area contributed by atoms with E-state index in [0.717, 1.165) is 11.4 Å². The molecule has 4 atom stereocenters. The van der Waals surface area contributed by atoms with E-state index >= 15 is 0 Å². The summed E-state index contributed by atoms with van der Waals surface area (Å²) in [6.07, 6.45) is 4.89. The summed E-state index contributed by atoms with van der Waals surface area (Å²) in [5.41, 5.74) is 2.74. The number of amides is 3. The van der Waals surface area contributed by atoms with Gasteiger partial charge in [-0.2, -0.15) is 5.01 Å². The molecule has 4 rings (SSSR count). The van der Waals surface area contributed by atoms with E-state index in [0.29, 0.717) is 10.6 Å². The lowest BCUT2D eigenvalue weighted by Crippen LogP contribution is -2.47. The van der Waals surface area contributed by atoms with Crippen molar-refractivity contribution in [3.8, 4) is 0 Å². The van der Waals surface area contributed by atoms with Crippen LogP contribution >= 0.6 is 11.6 Å². The van der Waals surface area contributed by atoms with E-state index in [2.05, 4.69) is 5.43 Å². The Morgan fingerprint density at radius 1 is 1.14 bits per heavy atom. The third-order valence-corrected chi connectivity index (χ3v) is 5.01. The first-order valence-corrected chi connectivity index (χ1v) is 7.57. The minimum absolute atomic E-state index is 0.125. The Labute approximate surface area is 131 Å². The lowest BCUT2D eigenvalue weighted by Gasteiger charge is -2.18. The number of hydrazine groups is 1. The normalized spacial score (nSPS) is 31.8. The number of fused-ring (bicyclic) bond motifs is 5. The number of hydrogen-bond acceptors (Lipinski definition) is 3. The molecule has 2 bridgehead atoms. The predicted molar refractivity (Wildman–Crippen MR) is 78.5 cm³/mol. The quantitative estimate of drug-likeness (QED) is 0.668. The Balaban J connectivity index is 1.56. The van der Waals surface area contributed by atoms with Crippen LogP contribution in [-0.4, -0.2) is 22.7 Å². The molecule has 1 aliphatic heterocycles. The molecule has 3 amide bonds. The highest BCUT2D eigenvalue weighted by Gasteiger charge is 2.59. The van der Waals surface area contributed by atoms with Crippen LogP contribution in [0.3, 0.4) is 0 Å². The van der Waals surface area contributed by atoms with Gasteiger partial charge in [0.1, 0.15) is 0 Å². The van der Waals surface area contributed by atoms with E-state index in [9.17, 15) is 14.4 Å². The van der Waals surface area contributed by atoms with Crippen LogP contribution in [-0.2, 0) is 9.59 Å². The molecule has 5 nitrogen and oxygen atoms in total. The highest BCUT2D eigenvalue weighted by Crippen LogP contribution is 2.52. The summed E-state index contributed by atoms with van der Waals surface area (Å²) < 4.78 is 0. The molecule has 0 radical (unpaired) electrons. The van der Waals surface area contributed by atoms with Crippen LogP contribution in [0.25, 0.3) is 0 Å². The molecular weight excluding hydrogens is 304 g/mol. The maximum absolute atomic E-state index is 12.5. The highest BCUT2D eigenvalue weighted by atomic mass is 35.5. The number of carbonyl (C=O) groups excluding carboxylic acids is 3. The maximum atomic E-state index is 12.5. The number of nitrogens with zero attached hydrogens (tertiary/aromatic N) is 1. The summed E-state index contributed by atoms with van der Waals surface area (Å²) in [5.74, 6) is -1.50. The van der Waals surface area contributed by atoms with Crippen molar-refractivity contribution < 1.29 is 14.4 Å². The third-order valence-electron chi connectivity index (χ3n) is 4.77. The maximum Gasteiger partial charge on any atom is 0.270 e. The largest absolute Gasteiger partial charge is 0.272 e. The number of hydrogen-bond donors (Lipinski definition) is 1. The van der Waals surface area contributed by atoms with Crippen LogP contribution in [0.5, 0.6) is 0 Å². The van der Waals surface area contributed by atoms with Crippen molar-refractivity contribution in [3.05, 3.63) is 47.0 Å². The lowest BCUT2D eigenvalue weighted by atomic mass is 9.85. The first-order chi connectivity index (χ1) is 10.6. The van der Waals surface area contributed by atoms with Crippen LogP contribution < -0.4 is 5.43 Å². The van der Waals surface area contributed by atoms with Gasteiger partial charge < -0.3 is 0 Å². The minimum Gasteiger partial charge on any atom is -0.272 e. The Morgan fingerprint density at radius 2 is 1.77 bits per heavy atom. The second-order valence-corrected chi connectivity index (χ2v) is 6.40. The molecule has 1 heterocycles. The van der Waals surface area contributed by atoms with Gasteiger partial charge >= 0.3 is 0 Å². The predicted octanol–water partition coefficient (Wildman–Crippen LogP) is 1.79. The molecule has 1 saturated heterocycles. The van der Waals surface area contributed by atoms with Crippen molar-refractivity contribution >= 4 is 29.3 Å². The zero-order valence-corrected chi connectivity index (χ0v) is 12.3. The van der Waals surface area contributed by atoms with Gasteiger partial charge in [-0.15, -0.1) is 0 Å². The van der Waals surface area contributed by atoms with Gasteiger partial charge in [0.15, 0.2) is 0 Å². The Kier molecular flexibility index (Phi) is 2.87. The topological polar surface area (TPSA) is 66.5 Å². The average Bonchev–Trinajstić information content (AvgIpc) is 3.17. The molecule has 1 N–H and O–H groups in total. The molecule has 22 heavy (non-hydrogen) atoms. The van der Waals surface area contributed by atoms with Crippen LogP contribution in [0.4, 0.5) is 0 Å². The first-order valence-electron chi connectivity index (χ1n) is 7.19.